The number of nitrogens with zero attached hydrogens (tertiary/aromatic N) is 1. The van der Waals surface area contributed by atoms with Crippen molar-refractivity contribution in [3.63, 3.8) is 0 Å². The van der Waals surface area contributed by atoms with Crippen molar-refractivity contribution in [2.75, 3.05) is 7.05 Å². The van der Waals surface area contributed by atoms with Crippen LogP contribution in [0, 0.1) is 0 Å². The summed E-state index contributed by atoms with van der Waals surface area (Å²) in [4.78, 5) is 14.4. The number of amides is 1. The van der Waals surface area contributed by atoms with E-state index >= 15 is 0 Å². The number of likely N-dealkylation sites (N-methyl/N-ethyl adjacent to an activating group) is 1. The minimum absolute atomic E-state index is 0.0541. The molecule has 1 aromatic rings. The SMILES string of the molecule is CN1C(=O)[C@@H](N)C[C@@H]1c1cccs1. The molecule has 2 N–H and O–H groups in total. The molecule has 2 heterocycles. The molecule has 1 aliphatic heterocycles. The van der Waals surface area contributed by atoms with Crippen LogP contribution < -0.4 is 5.73 Å². The van der Waals surface area contributed by atoms with Crippen LogP contribution >= 0.6 is 11.3 Å². The maximum Gasteiger partial charge on any atom is 0.239 e. The van der Waals surface area contributed by atoms with E-state index in [1.54, 1.807) is 16.2 Å². The minimum Gasteiger partial charge on any atom is -0.336 e. The monoisotopic (exact) mass is 196 g/mol. The number of hydrogen-bond acceptors (Lipinski definition) is 3. The van der Waals surface area contributed by atoms with E-state index < -0.39 is 0 Å². The van der Waals surface area contributed by atoms with Crippen molar-refractivity contribution in [3.05, 3.63) is 22.4 Å². The van der Waals surface area contributed by atoms with Gasteiger partial charge in [-0.1, -0.05) is 6.07 Å². The third kappa shape index (κ3) is 1.36. The molecule has 1 saturated heterocycles. The Morgan fingerprint density at radius 1 is 1.69 bits per heavy atom. The average molecular weight is 196 g/mol. The van der Waals surface area contributed by atoms with Gasteiger partial charge in [0.2, 0.25) is 5.91 Å². The van der Waals surface area contributed by atoms with E-state index in [1.165, 1.54) is 4.88 Å². The minimum atomic E-state index is -0.308. The van der Waals surface area contributed by atoms with E-state index in [1.807, 2.05) is 18.5 Å². The summed E-state index contributed by atoms with van der Waals surface area (Å²) in [6.07, 6.45) is 0.746. The van der Waals surface area contributed by atoms with E-state index in [0.717, 1.165) is 6.42 Å². The van der Waals surface area contributed by atoms with Crippen LogP contribution in [0.5, 0.6) is 0 Å². The predicted molar refractivity (Wildman–Crippen MR) is 52.4 cm³/mol. The highest BCUT2D eigenvalue weighted by Gasteiger charge is 2.35. The van der Waals surface area contributed by atoms with Gasteiger partial charge in [-0.05, 0) is 17.9 Å². The molecular formula is C9H12N2OS. The van der Waals surface area contributed by atoms with Crippen molar-refractivity contribution in [2.24, 2.45) is 5.73 Å². The van der Waals surface area contributed by atoms with Crippen molar-refractivity contribution in [1.29, 1.82) is 0 Å². The number of nitrogens with two attached hydrogens (primary N) is 1. The molecule has 0 bridgehead atoms. The quantitative estimate of drug-likeness (QED) is 0.727. The molecular weight excluding hydrogens is 184 g/mol. The lowest BCUT2D eigenvalue weighted by Gasteiger charge is -2.17. The van der Waals surface area contributed by atoms with E-state index in [-0.39, 0.29) is 18.0 Å². The number of rotatable bonds is 1. The Balaban J connectivity index is 2.23. The maximum absolute atomic E-state index is 11.4. The van der Waals surface area contributed by atoms with Crippen molar-refractivity contribution >= 4 is 17.2 Å². The lowest BCUT2D eigenvalue weighted by Crippen LogP contribution is -2.31. The molecule has 0 unspecified atom stereocenters. The van der Waals surface area contributed by atoms with Gasteiger partial charge in [0.1, 0.15) is 0 Å². The molecule has 0 aromatic carbocycles. The Hall–Kier alpha value is -0.870. The first-order valence-electron chi connectivity index (χ1n) is 4.26. The Morgan fingerprint density at radius 2 is 2.46 bits per heavy atom. The summed E-state index contributed by atoms with van der Waals surface area (Å²) in [5.74, 6) is 0.0541. The molecule has 1 amide bonds. The average Bonchev–Trinajstić information content (AvgIpc) is 2.70. The topological polar surface area (TPSA) is 46.3 Å². The molecule has 1 fully saturated rings. The Labute approximate surface area is 81.2 Å². The number of thiophene rings is 1. The van der Waals surface area contributed by atoms with E-state index in [4.69, 9.17) is 5.73 Å². The van der Waals surface area contributed by atoms with Crippen LogP contribution in [0.3, 0.4) is 0 Å². The third-order valence-corrected chi connectivity index (χ3v) is 3.45. The van der Waals surface area contributed by atoms with Gasteiger partial charge in [0.25, 0.3) is 0 Å². The molecule has 0 aliphatic carbocycles. The Morgan fingerprint density at radius 3 is 2.92 bits per heavy atom. The lowest BCUT2D eigenvalue weighted by molar-refractivity contribution is -0.128. The van der Waals surface area contributed by atoms with Crippen LogP contribution in [0.25, 0.3) is 0 Å². The summed E-state index contributed by atoms with van der Waals surface area (Å²) in [6, 6.07) is 3.94. The van der Waals surface area contributed by atoms with Crippen molar-refractivity contribution in [3.8, 4) is 0 Å². The van der Waals surface area contributed by atoms with E-state index in [0.29, 0.717) is 0 Å². The van der Waals surface area contributed by atoms with Gasteiger partial charge in [0.15, 0.2) is 0 Å². The smallest absolute Gasteiger partial charge is 0.239 e. The molecule has 0 spiro atoms. The highest BCUT2D eigenvalue weighted by atomic mass is 32.1. The fourth-order valence-electron chi connectivity index (χ4n) is 1.70. The van der Waals surface area contributed by atoms with Crippen LogP contribution in [-0.2, 0) is 4.79 Å². The first kappa shape index (κ1) is 8.72. The fourth-order valence-corrected chi connectivity index (χ4v) is 2.59. The zero-order chi connectivity index (χ0) is 9.42. The molecule has 0 radical (unpaired) electrons. The fraction of sp³-hybridized carbons (Fsp3) is 0.444. The molecule has 3 nitrogen and oxygen atoms in total. The van der Waals surface area contributed by atoms with Crippen LogP contribution in [0.1, 0.15) is 17.3 Å². The first-order chi connectivity index (χ1) is 6.20. The summed E-state index contributed by atoms with van der Waals surface area (Å²) >= 11 is 1.68. The van der Waals surface area contributed by atoms with E-state index in [9.17, 15) is 4.79 Å². The largest absolute Gasteiger partial charge is 0.336 e. The second-order valence-corrected chi connectivity index (χ2v) is 4.30. The third-order valence-electron chi connectivity index (χ3n) is 2.48. The summed E-state index contributed by atoms with van der Waals surface area (Å²) in [5.41, 5.74) is 5.68. The molecule has 1 aliphatic rings. The van der Waals surface area contributed by atoms with Gasteiger partial charge in [-0.15, -0.1) is 11.3 Å². The van der Waals surface area contributed by atoms with Gasteiger partial charge in [-0.2, -0.15) is 0 Å². The summed E-state index contributed by atoms with van der Waals surface area (Å²) in [6.45, 7) is 0. The normalized spacial score (nSPS) is 28.5. The molecule has 1 aromatic heterocycles. The zero-order valence-electron chi connectivity index (χ0n) is 7.43. The Bertz CT molecular complexity index is 309. The molecule has 2 rings (SSSR count). The lowest BCUT2D eigenvalue weighted by atomic mass is 10.1. The second-order valence-electron chi connectivity index (χ2n) is 3.32. The molecule has 70 valence electrons. The van der Waals surface area contributed by atoms with Crippen LogP contribution in [-0.4, -0.2) is 23.9 Å². The van der Waals surface area contributed by atoms with E-state index in [2.05, 4.69) is 6.07 Å². The van der Waals surface area contributed by atoms with Crippen molar-refractivity contribution in [1.82, 2.24) is 4.90 Å². The highest BCUT2D eigenvalue weighted by Crippen LogP contribution is 2.33. The summed E-state index contributed by atoms with van der Waals surface area (Å²) in [5, 5.41) is 2.03. The highest BCUT2D eigenvalue weighted by molar-refractivity contribution is 7.10. The molecule has 13 heavy (non-hydrogen) atoms. The van der Waals surface area contributed by atoms with Crippen molar-refractivity contribution < 1.29 is 4.79 Å². The van der Waals surface area contributed by atoms with Gasteiger partial charge in [0, 0.05) is 11.9 Å². The molecule has 2 atom stereocenters. The number of hydrogen-bond donors (Lipinski definition) is 1. The number of likely N-dealkylation sites (tertiary alicyclic amines) is 1. The van der Waals surface area contributed by atoms with Gasteiger partial charge in [-0.3, -0.25) is 4.79 Å². The van der Waals surface area contributed by atoms with Crippen molar-refractivity contribution in [2.45, 2.75) is 18.5 Å². The maximum atomic E-state index is 11.4. The number of carbonyl (C=O) groups is 1. The van der Waals surface area contributed by atoms with Crippen LogP contribution in [0.2, 0.25) is 0 Å². The molecule has 4 heteroatoms. The number of carbonyl (C=O) groups excluding carboxylic acids is 1. The van der Waals surface area contributed by atoms with Gasteiger partial charge in [-0.25, -0.2) is 0 Å². The zero-order valence-corrected chi connectivity index (χ0v) is 8.25. The summed E-state index contributed by atoms with van der Waals surface area (Å²) in [7, 11) is 1.82. The predicted octanol–water partition coefficient (Wildman–Crippen LogP) is 0.979. The first-order valence-corrected chi connectivity index (χ1v) is 5.14. The van der Waals surface area contributed by atoms with Gasteiger partial charge < -0.3 is 10.6 Å². The molecule has 0 saturated carbocycles. The summed E-state index contributed by atoms with van der Waals surface area (Å²) < 4.78 is 0. The van der Waals surface area contributed by atoms with Crippen LogP contribution in [0.4, 0.5) is 0 Å². The second kappa shape index (κ2) is 3.12. The van der Waals surface area contributed by atoms with Crippen LogP contribution in [0.15, 0.2) is 17.5 Å². The van der Waals surface area contributed by atoms with Gasteiger partial charge in [0.05, 0.1) is 12.1 Å². The standard InChI is InChI=1S/C9H12N2OS/c1-11-7(5-6(10)9(11)12)8-3-2-4-13-8/h2-4,6-7H,5,10H2,1H3/t6-,7+/m0/s1. The Kier molecular flexibility index (Phi) is 2.09. The van der Waals surface area contributed by atoms with Gasteiger partial charge >= 0.3 is 0 Å².